The van der Waals surface area contributed by atoms with E-state index in [1.807, 2.05) is 0 Å². The molecule has 2 aromatic heterocycles. The summed E-state index contributed by atoms with van der Waals surface area (Å²) >= 11 is 0. The van der Waals surface area contributed by atoms with Crippen molar-refractivity contribution < 1.29 is 19.2 Å². The summed E-state index contributed by atoms with van der Waals surface area (Å²) in [7, 11) is 0. The quantitative estimate of drug-likeness (QED) is 0.266. The molecule has 11 heteroatoms. The number of carboxylic acids is 1. The smallest absolute Gasteiger partial charge is 0.339 e. The van der Waals surface area contributed by atoms with E-state index in [0.717, 1.165) is 6.20 Å². The summed E-state index contributed by atoms with van der Waals surface area (Å²) in [5.41, 5.74) is 0.630. The van der Waals surface area contributed by atoms with Crippen LogP contribution in [0.1, 0.15) is 23.0 Å². The number of rotatable bonds is 9. The molecule has 0 spiro atoms. The lowest BCUT2D eigenvalue weighted by Gasteiger charge is -2.13. The van der Waals surface area contributed by atoms with Gasteiger partial charge in [0.25, 0.3) is 5.69 Å². The van der Waals surface area contributed by atoms with Crippen LogP contribution < -0.4 is 10.6 Å². The topological polar surface area (TPSA) is 143 Å². The maximum Gasteiger partial charge on any atom is 0.339 e. The van der Waals surface area contributed by atoms with E-state index >= 15 is 0 Å². The number of carbonyl (C=O) groups is 1. The van der Waals surface area contributed by atoms with Crippen LogP contribution in [0, 0.1) is 15.9 Å². The van der Waals surface area contributed by atoms with Gasteiger partial charge in [0.05, 0.1) is 16.3 Å². The molecular weight excluding hydrogens is 407 g/mol. The second kappa shape index (κ2) is 9.57. The number of anilines is 2. The zero-order valence-electron chi connectivity index (χ0n) is 16.5. The van der Waals surface area contributed by atoms with E-state index in [-0.39, 0.29) is 22.9 Å². The molecule has 1 aromatic carbocycles. The summed E-state index contributed by atoms with van der Waals surface area (Å²) in [5, 5.41) is 26.3. The minimum atomic E-state index is -1.19. The lowest BCUT2D eigenvalue weighted by atomic mass is 10.0. The number of halogens is 1. The number of benzene rings is 1. The first-order valence-corrected chi connectivity index (χ1v) is 9.37. The van der Waals surface area contributed by atoms with Gasteiger partial charge >= 0.3 is 5.97 Å². The third kappa shape index (κ3) is 5.26. The van der Waals surface area contributed by atoms with E-state index in [4.69, 9.17) is 0 Å². The summed E-state index contributed by atoms with van der Waals surface area (Å²) in [4.78, 5) is 34.5. The van der Waals surface area contributed by atoms with Crippen LogP contribution in [-0.2, 0) is 6.42 Å². The number of nitrogens with one attached hydrogen (secondary N) is 2. The number of aryl methyl sites for hydroxylation is 1. The predicted octanol–water partition coefficient (Wildman–Crippen LogP) is 3.37. The molecule has 0 fully saturated rings. The van der Waals surface area contributed by atoms with Crippen molar-refractivity contribution in [3.63, 3.8) is 0 Å². The van der Waals surface area contributed by atoms with Gasteiger partial charge in [-0.2, -0.15) is 0 Å². The summed E-state index contributed by atoms with van der Waals surface area (Å²) in [6.07, 6.45) is 1.51. The van der Waals surface area contributed by atoms with Crippen LogP contribution in [-0.4, -0.2) is 44.0 Å². The summed E-state index contributed by atoms with van der Waals surface area (Å²) in [5.74, 6) is -1.02. The Morgan fingerprint density at radius 3 is 2.58 bits per heavy atom. The monoisotopic (exact) mass is 426 g/mol. The van der Waals surface area contributed by atoms with Crippen molar-refractivity contribution in [2.45, 2.75) is 13.3 Å². The highest BCUT2D eigenvalue weighted by Crippen LogP contribution is 2.26. The molecule has 3 aromatic rings. The Bertz CT molecular complexity index is 1110. The Hall–Kier alpha value is -4.15. The Morgan fingerprint density at radius 1 is 1.19 bits per heavy atom. The van der Waals surface area contributed by atoms with Crippen molar-refractivity contribution in [1.29, 1.82) is 0 Å². The highest BCUT2D eigenvalue weighted by molar-refractivity contribution is 5.96. The lowest BCUT2D eigenvalue weighted by molar-refractivity contribution is -0.385. The highest BCUT2D eigenvalue weighted by Gasteiger charge is 2.21. The number of hydrogen-bond donors (Lipinski definition) is 3. The number of nitrogens with zero attached hydrogens (tertiary/aromatic N) is 4. The molecule has 160 valence electrons. The lowest BCUT2D eigenvalue weighted by Crippen LogP contribution is -2.18. The Labute approximate surface area is 176 Å². The number of carboxylic acid groups (broad SMARTS) is 1. The number of aromatic nitrogens is 3. The van der Waals surface area contributed by atoms with E-state index in [0.29, 0.717) is 36.6 Å². The maximum absolute atomic E-state index is 13.7. The van der Waals surface area contributed by atoms with Crippen LogP contribution in [0.25, 0.3) is 11.3 Å². The summed E-state index contributed by atoms with van der Waals surface area (Å²) < 4.78 is 13.7. The van der Waals surface area contributed by atoms with Gasteiger partial charge < -0.3 is 15.7 Å². The third-order valence-corrected chi connectivity index (χ3v) is 4.30. The van der Waals surface area contributed by atoms with Crippen molar-refractivity contribution in [3.05, 3.63) is 69.8 Å². The minimum absolute atomic E-state index is 0.0631. The van der Waals surface area contributed by atoms with Gasteiger partial charge in [0.15, 0.2) is 0 Å². The SMILES string of the molecule is CCc1nc(NCCNc2ccc([N+](=O)[O-])cn2)nc(-c2cccc(F)c2)c1C(=O)O. The molecule has 0 aliphatic heterocycles. The van der Waals surface area contributed by atoms with Crippen LogP contribution in [0.15, 0.2) is 42.6 Å². The molecule has 0 aliphatic carbocycles. The van der Waals surface area contributed by atoms with Gasteiger partial charge in [-0.15, -0.1) is 0 Å². The third-order valence-electron chi connectivity index (χ3n) is 4.30. The fourth-order valence-corrected chi connectivity index (χ4v) is 2.87. The van der Waals surface area contributed by atoms with Crippen LogP contribution in [0.4, 0.5) is 21.8 Å². The second-order valence-electron chi connectivity index (χ2n) is 6.40. The molecule has 0 bridgehead atoms. The van der Waals surface area contributed by atoms with Crippen molar-refractivity contribution in [2.24, 2.45) is 0 Å². The molecule has 3 N–H and O–H groups in total. The molecule has 0 amide bonds. The first-order valence-electron chi connectivity index (χ1n) is 9.37. The zero-order valence-corrected chi connectivity index (χ0v) is 16.5. The van der Waals surface area contributed by atoms with Gasteiger partial charge in [-0.3, -0.25) is 10.1 Å². The molecule has 10 nitrogen and oxygen atoms in total. The van der Waals surface area contributed by atoms with E-state index < -0.39 is 16.7 Å². The molecule has 31 heavy (non-hydrogen) atoms. The zero-order chi connectivity index (χ0) is 22.4. The highest BCUT2D eigenvalue weighted by atomic mass is 19.1. The van der Waals surface area contributed by atoms with Crippen LogP contribution >= 0.6 is 0 Å². The maximum atomic E-state index is 13.7. The summed E-state index contributed by atoms with van der Waals surface area (Å²) in [6.45, 7) is 2.53. The Kier molecular flexibility index (Phi) is 6.65. The second-order valence-corrected chi connectivity index (χ2v) is 6.40. The molecule has 2 heterocycles. The van der Waals surface area contributed by atoms with Gasteiger partial charge in [0.2, 0.25) is 5.95 Å². The molecular formula is C20H19FN6O4. The Balaban J connectivity index is 1.76. The first kappa shape index (κ1) is 21.6. The van der Waals surface area contributed by atoms with E-state index in [2.05, 4.69) is 25.6 Å². The van der Waals surface area contributed by atoms with Crippen molar-refractivity contribution in [1.82, 2.24) is 15.0 Å². The number of aromatic carboxylic acids is 1. The predicted molar refractivity (Wildman–Crippen MR) is 112 cm³/mol. The van der Waals surface area contributed by atoms with Crippen molar-refractivity contribution in [2.75, 3.05) is 23.7 Å². The molecule has 0 aliphatic rings. The fourth-order valence-electron chi connectivity index (χ4n) is 2.87. The normalized spacial score (nSPS) is 10.5. The molecule has 0 radical (unpaired) electrons. The molecule has 0 unspecified atom stereocenters. The first-order chi connectivity index (χ1) is 14.9. The molecule has 0 atom stereocenters. The van der Waals surface area contributed by atoms with Crippen LogP contribution in [0.3, 0.4) is 0 Å². The molecule has 3 rings (SSSR count). The Morgan fingerprint density at radius 2 is 1.97 bits per heavy atom. The van der Waals surface area contributed by atoms with E-state index in [1.165, 1.54) is 30.3 Å². The standard InChI is InChI=1S/C20H19FN6O4/c1-2-15-17(19(28)29)18(12-4-3-5-13(21)10-12)26-20(25-15)23-9-8-22-16-7-6-14(11-24-16)27(30)31/h3-7,10-11H,2,8-9H2,1H3,(H,22,24)(H,28,29)(H,23,25,26). The van der Waals surface area contributed by atoms with E-state index in [9.17, 15) is 24.4 Å². The van der Waals surface area contributed by atoms with E-state index in [1.54, 1.807) is 13.0 Å². The fraction of sp³-hybridized carbons (Fsp3) is 0.200. The van der Waals surface area contributed by atoms with Crippen molar-refractivity contribution in [3.8, 4) is 11.3 Å². The van der Waals surface area contributed by atoms with Gasteiger partial charge in [0, 0.05) is 24.7 Å². The largest absolute Gasteiger partial charge is 0.478 e. The average Bonchev–Trinajstić information content (AvgIpc) is 2.76. The number of nitro groups is 1. The van der Waals surface area contributed by atoms with Crippen molar-refractivity contribution >= 4 is 23.4 Å². The number of pyridine rings is 1. The minimum Gasteiger partial charge on any atom is -0.478 e. The van der Waals surface area contributed by atoms with Gasteiger partial charge in [-0.25, -0.2) is 24.1 Å². The van der Waals surface area contributed by atoms with Gasteiger partial charge in [0.1, 0.15) is 23.4 Å². The van der Waals surface area contributed by atoms with Crippen LogP contribution in [0.2, 0.25) is 0 Å². The average molecular weight is 426 g/mol. The van der Waals surface area contributed by atoms with Gasteiger partial charge in [-0.1, -0.05) is 19.1 Å². The summed E-state index contributed by atoms with van der Waals surface area (Å²) in [6, 6.07) is 8.40. The number of hydrogen-bond acceptors (Lipinski definition) is 8. The van der Waals surface area contributed by atoms with Crippen LogP contribution in [0.5, 0.6) is 0 Å². The van der Waals surface area contributed by atoms with Gasteiger partial charge in [-0.05, 0) is 24.6 Å². The molecule has 0 saturated carbocycles. The molecule has 0 saturated heterocycles.